The fourth-order valence-electron chi connectivity index (χ4n) is 2.71. The van der Waals surface area contributed by atoms with Gasteiger partial charge in [-0.15, -0.1) is 0 Å². The maximum Gasteiger partial charge on any atom is -0.0221 e. The minimum atomic E-state index is 0.290. The lowest BCUT2D eigenvalue weighted by molar-refractivity contribution is 0.359. The summed E-state index contributed by atoms with van der Waals surface area (Å²) in [7, 11) is 0. The minimum Gasteiger partial charge on any atom is -0.0620 e. The van der Waals surface area contributed by atoms with Gasteiger partial charge >= 0.3 is 0 Å². The predicted octanol–water partition coefficient (Wildman–Crippen LogP) is 5.11. The Morgan fingerprint density at radius 2 is 1.05 bits per heavy atom. The van der Waals surface area contributed by atoms with Gasteiger partial charge in [-0.2, -0.15) is 0 Å². The van der Waals surface area contributed by atoms with Crippen LogP contribution in [0.25, 0.3) is 0 Å². The van der Waals surface area contributed by atoms with Crippen molar-refractivity contribution in [1.29, 1.82) is 0 Å². The van der Waals surface area contributed by atoms with Gasteiger partial charge in [0.25, 0.3) is 0 Å². The normalized spacial score (nSPS) is 11.6. The molecule has 100 valence electrons. The van der Waals surface area contributed by atoms with Crippen LogP contribution in [0.3, 0.4) is 0 Å². The van der Waals surface area contributed by atoms with Crippen molar-refractivity contribution in [2.45, 2.75) is 40.5 Å². The van der Waals surface area contributed by atoms with Crippen LogP contribution < -0.4 is 0 Å². The highest BCUT2D eigenvalue weighted by molar-refractivity contribution is 5.29. The predicted molar refractivity (Wildman–Crippen MR) is 83.5 cm³/mol. The summed E-state index contributed by atoms with van der Waals surface area (Å²) in [5.41, 5.74) is 6.04. The van der Waals surface area contributed by atoms with Gasteiger partial charge in [-0.3, -0.25) is 0 Å². The summed E-state index contributed by atoms with van der Waals surface area (Å²) in [6.07, 6.45) is 2.27. The Kier molecular flexibility index (Phi) is 4.09. The summed E-state index contributed by atoms with van der Waals surface area (Å²) in [6.45, 7) is 9.15. The maximum absolute atomic E-state index is 2.37. The smallest absolute Gasteiger partial charge is 0.0221 e. The average Bonchev–Trinajstić information content (AvgIpc) is 2.35. The van der Waals surface area contributed by atoms with Crippen molar-refractivity contribution in [3.05, 3.63) is 70.8 Å². The largest absolute Gasteiger partial charge is 0.0620 e. The van der Waals surface area contributed by atoms with E-state index in [9.17, 15) is 0 Å². The molecule has 0 fully saturated rings. The molecule has 0 radical (unpaired) electrons. The Labute approximate surface area is 117 Å². The molecule has 0 aliphatic heterocycles. The summed E-state index contributed by atoms with van der Waals surface area (Å²) >= 11 is 0. The van der Waals surface area contributed by atoms with E-state index in [0.29, 0.717) is 0 Å². The van der Waals surface area contributed by atoms with Gasteiger partial charge in [0.1, 0.15) is 0 Å². The second-order valence-electron chi connectivity index (χ2n) is 6.37. The van der Waals surface area contributed by atoms with E-state index in [2.05, 4.69) is 76.2 Å². The Morgan fingerprint density at radius 1 is 0.684 bits per heavy atom. The van der Waals surface area contributed by atoms with E-state index in [1.54, 1.807) is 0 Å². The summed E-state index contributed by atoms with van der Waals surface area (Å²) in [4.78, 5) is 0. The Hall–Kier alpha value is -1.56. The van der Waals surface area contributed by atoms with Gasteiger partial charge in [0.2, 0.25) is 0 Å². The molecule has 0 spiro atoms. The highest BCUT2D eigenvalue weighted by Crippen LogP contribution is 2.29. The topological polar surface area (TPSA) is 0 Å². The van der Waals surface area contributed by atoms with Gasteiger partial charge in [-0.1, -0.05) is 62.4 Å². The van der Waals surface area contributed by atoms with Crippen LogP contribution in [-0.2, 0) is 12.8 Å². The fourth-order valence-corrected chi connectivity index (χ4v) is 2.71. The van der Waals surface area contributed by atoms with Gasteiger partial charge in [-0.05, 0) is 54.4 Å². The van der Waals surface area contributed by atoms with Crippen molar-refractivity contribution >= 4 is 0 Å². The first-order valence-corrected chi connectivity index (χ1v) is 7.07. The first kappa shape index (κ1) is 13.9. The summed E-state index contributed by atoms with van der Waals surface area (Å²) in [5.74, 6) is 0. The number of benzene rings is 2. The number of hydrogen-bond acceptors (Lipinski definition) is 0. The fraction of sp³-hybridized carbons (Fsp3) is 0.368. The molecule has 0 nitrogen and oxygen atoms in total. The molecule has 0 N–H and O–H groups in total. The molecule has 0 saturated heterocycles. The lowest BCUT2D eigenvalue weighted by Crippen LogP contribution is -2.19. The van der Waals surface area contributed by atoms with Crippen LogP contribution in [0.2, 0.25) is 0 Å². The van der Waals surface area contributed by atoms with Crippen LogP contribution in [-0.4, -0.2) is 0 Å². The molecule has 2 aromatic rings. The lowest BCUT2D eigenvalue weighted by Gasteiger charge is -2.26. The third kappa shape index (κ3) is 3.70. The van der Waals surface area contributed by atoms with E-state index in [0.717, 1.165) is 12.8 Å². The Morgan fingerprint density at radius 3 is 1.42 bits per heavy atom. The van der Waals surface area contributed by atoms with Crippen LogP contribution in [0.15, 0.2) is 48.5 Å². The maximum atomic E-state index is 2.37. The van der Waals surface area contributed by atoms with Crippen molar-refractivity contribution in [2.75, 3.05) is 0 Å². The first-order valence-electron chi connectivity index (χ1n) is 7.07. The van der Waals surface area contributed by atoms with E-state index in [4.69, 9.17) is 0 Å². The van der Waals surface area contributed by atoms with E-state index >= 15 is 0 Å². The summed E-state index contributed by atoms with van der Waals surface area (Å²) in [6, 6.07) is 17.5. The van der Waals surface area contributed by atoms with Crippen LogP contribution >= 0.6 is 0 Å². The molecule has 0 heteroatoms. The quantitative estimate of drug-likeness (QED) is 0.709. The molecule has 0 unspecified atom stereocenters. The van der Waals surface area contributed by atoms with Crippen molar-refractivity contribution in [1.82, 2.24) is 0 Å². The molecular weight excluding hydrogens is 228 g/mol. The number of hydrogen-bond donors (Lipinski definition) is 0. The third-order valence-corrected chi connectivity index (χ3v) is 3.86. The molecule has 2 rings (SSSR count). The van der Waals surface area contributed by atoms with Crippen LogP contribution in [0, 0.1) is 19.3 Å². The molecule has 19 heavy (non-hydrogen) atoms. The SMILES string of the molecule is Cc1ccccc1CC(C)(C)Cc1ccccc1C. The van der Waals surface area contributed by atoms with Crippen molar-refractivity contribution in [3.63, 3.8) is 0 Å². The Balaban J connectivity index is 2.15. The van der Waals surface area contributed by atoms with Gasteiger partial charge in [-0.25, -0.2) is 0 Å². The van der Waals surface area contributed by atoms with Gasteiger partial charge in [0.15, 0.2) is 0 Å². The molecule has 0 bridgehead atoms. The molecule has 0 heterocycles. The Bertz CT molecular complexity index is 500. The third-order valence-electron chi connectivity index (χ3n) is 3.86. The van der Waals surface area contributed by atoms with Crippen molar-refractivity contribution in [3.8, 4) is 0 Å². The minimum absolute atomic E-state index is 0.290. The molecule has 0 amide bonds. The second kappa shape index (κ2) is 5.61. The molecule has 0 aromatic heterocycles. The first-order chi connectivity index (χ1) is 8.98. The molecular formula is C19H24. The van der Waals surface area contributed by atoms with Gasteiger partial charge < -0.3 is 0 Å². The van der Waals surface area contributed by atoms with E-state index in [-0.39, 0.29) is 5.41 Å². The van der Waals surface area contributed by atoms with Gasteiger partial charge in [0, 0.05) is 0 Å². The highest BCUT2D eigenvalue weighted by atomic mass is 14.2. The standard InChI is InChI=1S/C19H24/c1-15-9-5-7-11-17(15)13-19(3,4)14-18-12-8-6-10-16(18)2/h5-12H,13-14H2,1-4H3. The van der Waals surface area contributed by atoms with E-state index in [1.807, 2.05) is 0 Å². The zero-order valence-corrected chi connectivity index (χ0v) is 12.5. The van der Waals surface area contributed by atoms with E-state index < -0.39 is 0 Å². The van der Waals surface area contributed by atoms with Crippen LogP contribution in [0.4, 0.5) is 0 Å². The zero-order chi connectivity index (χ0) is 13.9. The lowest BCUT2D eigenvalue weighted by atomic mass is 9.78. The molecule has 0 aliphatic carbocycles. The van der Waals surface area contributed by atoms with Crippen LogP contribution in [0.5, 0.6) is 0 Å². The molecule has 0 aliphatic rings. The summed E-state index contributed by atoms with van der Waals surface area (Å²) < 4.78 is 0. The van der Waals surface area contributed by atoms with E-state index in [1.165, 1.54) is 22.3 Å². The number of rotatable bonds is 4. The molecule has 0 atom stereocenters. The number of aryl methyl sites for hydroxylation is 2. The average molecular weight is 252 g/mol. The zero-order valence-electron chi connectivity index (χ0n) is 12.5. The summed E-state index contributed by atoms with van der Waals surface area (Å²) in [5, 5.41) is 0. The second-order valence-corrected chi connectivity index (χ2v) is 6.37. The van der Waals surface area contributed by atoms with Crippen molar-refractivity contribution < 1.29 is 0 Å². The van der Waals surface area contributed by atoms with Crippen LogP contribution in [0.1, 0.15) is 36.1 Å². The van der Waals surface area contributed by atoms with Crippen molar-refractivity contribution in [2.24, 2.45) is 5.41 Å². The monoisotopic (exact) mass is 252 g/mol. The molecule has 0 saturated carbocycles. The highest BCUT2D eigenvalue weighted by Gasteiger charge is 2.20. The molecule has 2 aromatic carbocycles. The van der Waals surface area contributed by atoms with Gasteiger partial charge in [0.05, 0.1) is 0 Å².